The SMILES string of the molecule is Cc1ccc(C(C(C)N)N(C)C2CCC(C)(C)CC2)s1. The standard InChI is InChI=1S/C17H30N2S/c1-12-6-7-15(20-12)16(13(2)18)19(5)14-8-10-17(3,4)11-9-14/h6-7,13-14,16H,8-11,18H2,1-5H3. The van der Waals surface area contributed by atoms with E-state index >= 15 is 0 Å². The van der Waals surface area contributed by atoms with Crippen LogP contribution in [0.2, 0.25) is 0 Å². The molecule has 0 aliphatic heterocycles. The number of aryl methyl sites for hydroxylation is 1. The lowest BCUT2D eigenvalue weighted by Gasteiger charge is -2.42. The normalized spacial score (nSPS) is 22.9. The Morgan fingerprint density at radius 3 is 2.35 bits per heavy atom. The second-order valence-corrected chi connectivity index (χ2v) is 8.63. The molecule has 20 heavy (non-hydrogen) atoms. The fourth-order valence-corrected chi connectivity index (χ4v) is 4.61. The highest BCUT2D eigenvalue weighted by atomic mass is 32.1. The van der Waals surface area contributed by atoms with Crippen molar-refractivity contribution in [3.05, 3.63) is 21.9 Å². The lowest BCUT2D eigenvalue weighted by Crippen LogP contribution is -2.44. The van der Waals surface area contributed by atoms with E-state index in [0.29, 0.717) is 17.5 Å². The predicted octanol–water partition coefficient (Wildman–Crippen LogP) is 4.35. The lowest BCUT2D eigenvalue weighted by atomic mass is 9.75. The molecule has 2 nitrogen and oxygen atoms in total. The number of likely N-dealkylation sites (N-methyl/N-ethyl adjacent to an activating group) is 1. The summed E-state index contributed by atoms with van der Waals surface area (Å²) in [6.07, 6.45) is 5.27. The predicted molar refractivity (Wildman–Crippen MR) is 89.2 cm³/mol. The molecule has 2 rings (SSSR count). The van der Waals surface area contributed by atoms with E-state index < -0.39 is 0 Å². The summed E-state index contributed by atoms with van der Waals surface area (Å²) < 4.78 is 0. The molecule has 114 valence electrons. The number of thiophene rings is 1. The molecule has 0 saturated heterocycles. The topological polar surface area (TPSA) is 29.3 Å². The smallest absolute Gasteiger partial charge is 0.0590 e. The van der Waals surface area contributed by atoms with E-state index in [-0.39, 0.29) is 6.04 Å². The van der Waals surface area contributed by atoms with E-state index in [9.17, 15) is 0 Å². The maximum Gasteiger partial charge on any atom is 0.0590 e. The first kappa shape index (κ1) is 16.0. The van der Waals surface area contributed by atoms with E-state index in [1.54, 1.807) is 0 Å². The highest BCUT2D eigenvalue weighted by Gasteiger charge is 2.33. The third-order valence-electron chi connectivity index (χ3n) is 4.87. The molecule has 3 heteroatoms. The van der Waals surface area contributed by atoms with Crippen LogP contribution in [-0.4, -0.2) is 24.0 Å². The Labute approximate surface area is 128 Å². The van der Waals surface area contributed by atoms with Gasteiger partial charge in [0.1, 0.15) is 0 Å². The van der Waals surface area contributed by atoms with Crippen LogP contribution in [0.25, 0.3) is 0 Å². The zero-order chi connectivity index (χ0) is 14.9. The molecule has 0 bridgehead atoms. The van der Waals surface area contributed by atoms with Crippen LogP contribution < -0.4 is 5.73 Å². The summed E-state index contributed by atoms with van der Waals surface area (Å²) in [5, 5.41) is 0. The number of hydrogen-bond acceptors (Lipinski definition) is 3. The van der Waals surface area contributed by atoms with Crippen molar-refractivity contribution >= 4 is 11.3 Å². The summed E-state index contributed by atoms with van der Waals surface area (Å²) in [6, 6.07) is 5.69. The van der Waals surface area contributed by atoms with Crippen molar-refractivity contribution in [3.8, 4) is 0 Å². The molecule has 2 atom stereocenters. The van der Waals surface area contributed by atoms with E-state index in [4.69, 9.17) is 5.73 Å². The molecular weight excluding hydrogens is 264 g/mol. The van der Waals surface area contributed by atoms with Crippen LogP contribution in [0.15, 0.2) is 12.1 Å². The minimum Gasteiger partial charge on any atom is -0.326 e. The molecule has 1 aromatic heterocycles. The van der Waals surface area contributed by atoms with E-state index in [2.05, 4.69) is 51.8 Å². The van der Waals surface area contributed by atoms with Crippen LogP contribution in [0.1, 0.15) is 62.3 Å². The highest BCUT2D eigenvalue weighted by molar-refractivity contribution is 7.12. The quantitative estimate of drug-likeness (QED) is 0.894. The fraction of sp³-hybridized carbons (Fsp3) is 0.765. The molecule has 2 unspecified atom stereocenters. The zero-order valence-electron chi connectivity index (χ0n) is 13.6. The number of rotatable bonds is 4. The van der Waals surface area contributed by atoms with Crippen LogP contribution in [0.4, 0.5) is 0 Å². The van der Waals surface area contributed by atoms with Gasteiger partial charge in [0.25, 0.3) is 0 Å². The summed E-state index contributed by atoms with van der Waals surface area (Å²) in [5.41, 5.74) is 6.83. The van der Waals surface area contributed by atoms with Gasteiger partial charge in [-0.25, -0.2) is 0 Å². The van der Waals surface area contributed by atoms with Gasteiger partial charge in [-0.05, 0) is 64.1 Å². The molecule has 1 aliphatic carbocycles. The minimum atomic E-state index is 0.174. The van der Waals surface area contributed by atoms with Crippen molar-refractivity contribution in [3.63, 3.8) is 0 Å². The maximum absolute atomic E-state index is 6.30. The molecule has 1 aliphatic rings. The van der Waals surface area contributed by atoms with Crippen LogP contribution in [0, 0.1) is 12.3 Å². The zero-order valence-corrected chi connectivity index (χ0v) is 14.5. The van der Waals surface area contributed by atoms with Gasteiger partial charge < -0.3 is 5.73 Å². The van der Waals surface area contributed by atoms with Gasteiger partial charge in [-0.1, -0.05) is 13.8 Å². The van der Waals surface area contributed by atoms with Crippen molar-refractivity contribution in [2.75, 3.05) is 7.05 Å². The van der Waals surface area contributed by atoms with Crippen molar-refractivity contribution in [1.82, 2.24) is 4.90 Å². The van der Waals surface area contributed by atoms with Gasteiger partial charge in [0.05, 0.1) is 6.04 Å². The van der Waals surface area contributed by atoms with Crippen LogP contribution in [-0.2, 0) is 0 Å². The Bertz CT molecular complexity index is 426. The molecule has 1 saturated carbocycles. The van der Waals surface area contributed by atoms with E-state index in [1.807, 2.05) is 11.3 Å². The first-order chi connectivity index (χ1) is 9.30. The Morgan fingerprint density at radius 2 is 1.90 bits per heavy atom. The Hall–Kier alpha value is -0.380. The van der Waals surface area contributed by atoms with Gasteiger partial charge in [-0.2, -0.15) is 0 Å². The van der Waals surface area contributed by atoms with Crippen molar-refractivity contribution < 1.29 is 0 Å². The van der Waals surface area contributed by atoms with Gasteiger partial charge in [0.15, 0.2) is 0 Å². The van der Waals surface area contributed by atoms with Crippen LogP contribution >= 0.6 is 11.3 Å². The largest absolute Gasteiger partial charge is 0.326 e. The van der Waals surface area contributed by atoms with Gasteiger partial charge in [-0.15, -0.1) is 11.3 Å². The highest BCUT2D eigenvalue weighted by Crippen LogP contribution is 2.39. The maximum atomic E-state index is 6.30. The summed E-state index contributed by atoms with van der Waals surface area (Å²) in [5.74, 6) is 0. The van der Waals surface area contributed by atoms with Crippen LogP contribution in [0.3, 0.4) is 0 Å². The Morgan fingerprint density at radius 1 is 1.30 bits per heavy atom. The average Bonchev–Trinajstić information content (AvgIpc) is 2.75. The fourth-order valence-electron chi connectivity index (χ4n) is 3.46. The summed E-state index contributed by atoms with van der Waals surface area (Å²) in [4.78, 5) is 5.35. The second kappa shape index (κ2) is 6.17. The molecule has 0 aromatic carbocycles. The van der Waals surface area contributed by atoms with Gasteiger partial charge in [-0.3, -0.25) is 4.90 Å². The third kappa shape index (κ3) is 3.63. The number of nitrogens with zero attached hydrogens (tertiary/aromatic N) is 1. The van der Waals surface area contributed by atoms with Crippen molar-refractivity contribution in [2.45, 2.75) is 71.5 Å². The summed E-state index contributed by atoms with van der Waals surface area (Å²) >= 11 is 1.89. The molecule has 2 N–H and O–H groups in total. The van der Waals surface area contributed by atoms with Gasteiger partial charge in [0, 0.05) is 21.8 Å². The summed E-state index contributed by atoms with van der Waals surface area (Å²) in [6.45, 7) is 9.11. The van der Waals surface area contributed by atoms with Gasteiger partial charge >= 0.3 is 0 Å². The van der Waals surface area contributed by atoms with E-state index in [0.717, 1.165) is 0 Å². The molecule has 0 amide bonds. The molecule has 1 fully saturated rings. The first-order valence-electron chi connectivity index (χ1n) is 7.84. The Kier molecular flexibility index (Phi) is 4.93. The molecule has 0 radical (unpaired) electrons. The molecule has 0 spiro atoms. The Balaban J connectivity index is 2.10. The molecule has 1 aromatic rings. The average molecular weight is 295 g/mol. The number of nitrogens with two attached hydrogens (primary N) is 1. The third-order valence-corrected chi connectivity index (χ3v) is 5.95. The molecule has 1 heterocycles. The number of hydrogen-bond donors (Lipinski definition) is 1. The monoisotopic (exact) mass is 294 g/mol. The van der Waals surface area contributed by atoms with Gasteiger partial charge in [0.2, 0.25) is 0 Å². The van der Waals surface area contributed by atoms with E-state index in [1.165, 1.54) is 35.4 Å². The van der Waals surface area contributed by atoms with Crippen molar-refractivity contribution in [1.29, 1.82) is 0 Å². The second-order valence-electron chi connectivity index (χ2n) is 7.31. The lowest BCUT2D eigenvalue weighted by molar-refractivity contribution is 0.0870. The van der Waals surface area contributed by atoms with Crippen LogP contribution in [0.5, 0.6) is 0 Å². The molecular formula is C17H30N2S. The van der Waals surface area contributed by atoms with Crippen molar-refractivity contribution in [2.24, 2.45) is 11.1 Å². The first-order valence-corrected chi connectivity index (χ1v) is 8.66. The minimum absolute atomic E-state index is 0.174. The summed E-state index contributed by atoms with van der Waals surface area (Å²) in [7, 11) is 2.27.